The van der Waals surface area contributed by atoms with Crippen LogP contribution in [-0.2, 0) is 17.9 Å². The summed E-state index contributed by atoms with van der Waals surface area (Å²) < 4.78 is 4.07. The zero-order valence-electron chi connectivity index (χ0n) is 20.0. The first-order chi connectivity index (χ1) is 17.1. The second-order valence-corrected chi connectivity index (χ2v) is 10.00. The van der Waals surface area contributed by atoms with Crippen molar-refractivity contribution in [3.63, 3.8) is 0 Å². The Bertz CT molecular complexity index is 1380. The average Bonchev–Trinajstić information content (AvgIpc) is 3.63. The second-order valence-electron chi connectivity index (χ2n) is 10.00. The molecule has 6 nitrogen and oxygen atoms in total. The summed E-state index contributed by atoms with van der Waals surface area (Å²) in [5.41, 5.74) is 2.46. The number of hydrogen-bond acceptors (Lipinski definition) is 2. The van der Waals surface area contributed by atoms with E-state index in [1.165, 1.54) is 0 Å². The number of para-hydroxylation sites is 1. The number of nitrogens with zero attached hydrogens (tertiary/aromatic N) is 3. The van der Waals surface area contributed by atoms with E-state index in [0.29, 0.717) is 18.8 Å². The molecule has 1 saturated carbocycles. The first kappa shape index (κ1) is 21.7. The predicted molar refractivity (Wildman–Crippen MR) is 136 cm³/mol. The topological polar surface area (TPSA) is 59.3 Å². The molecule has 1 atom stereocenters. The Morgan fingerprint density at radius 2 is 1.66 bits per heavy atom. The molecule has 2 aliphatic rings. The molecular weight excluding hydrogens is 436 g/mol. The van der Waals surface area contributed by atoms with E-state index < -0.39 is 5.54 Å². The lowest BCUT2D eigenvalue weighted by Gasteiger charge is -2.44. The average molecular weight is 467 g/mol. The molecule has 1 unspecified atom stereocenters. The van der Waals surface area contributed by atoms with E-state index in [0.717, 1.165) is 47.8 Å². The number of amides is 2. The quantitative estimate of drug-likeness (QED) is 0.455. The first-order valence-electron chi connectivity index (χ1n) is 12.5. The fourth-order valence-electron chi connectivity index (χ4n) is 5.77. The van der Waals surface area contributed by atoms with Crippen molar-refractivity contribution in [2.24, 2.45) is 0 Å². The lowest BCUT2D eigenvalue weighted by atomic mass is 9.93. The van der Waals surface area contributed by atoms with E-state index in [2.05, 4.69) is 16.0 Å². The molecule has 178 valence electrons. The van der Waals surface area contributed by atoms with Crippen molar-refractivity contribution in [3.8, 4) is 5.69 Å². The fourth-order valence-corrected chi connectivity index (χ4v) is 5.77. The third-order valence-corrected chi connectivity index (χ3v) is 7.68. The van der Waals surface area contributed by atoms with Crippen molar-refractivity contribution in [2.45, 2.75) is 57.3 Å². The Morgan fingerprint density at radius 1 is 0.971 bits per heavy atom. The molecule has 0 bridgehead atoms. The van der Waals surface area contributed by atoms with Crippen molar-refractivity contribution in [1.82, 2.24) is 19.4 Å². The number of benzene rings is 2. The summed E-state index contributed by atoms with van der Waals surface area (Å²) in [7, 11) is 0. The van der Waals surface area contributed by atoms with Gasteiger partial charge in [-0.05, 0) is 43.5 Å². The van der Waals surface area contributed by atoms with E-state index in [9.17, 15) is 9.59 Å². The number of hydrogen-bond donors (Lipinski definition) is 1. The molecule has 6 heteroatoms. The fraction of sp³-hybridized carbons (Fsp3) is 0.310. The minimum absolute atomic E-state index is 0.0698. The van der Waals surface area contributed by atoms with Crippen molar-refractivity contribution >= 4 is 22.7 Å². The lowest BCUT2D eigenvalue weighted by molar-refractivity contribution is -0.133. The molecule has 0 spiro atoms. The molecule has 3 heterocycles. The van der Waals surface area contributed by atoms with Gasteiger partial charge >= 0.3 is 0 Å². The molecule has 4 aromatic rings. The summed E-state index contributed by atoms with van der Waals surface area (Å²) in [6.07, 6.45) is 8.23. The van der Waals surface area contributed by atoms with Gasteiger partial charge in [-0.15, -0.1) is 0 Å². The number of rotatable bonds is 5. The molecule has 2 amide bonds. The summed E-state index contributed by atoms with van der Waals surface area (Å²) >= 11 is 0. The maximum atomic E-state index is 14.4. The molecule has 2 aromatic carbocycles. The van der Waals surface area contributed by atoms with Crippen LogP contribution in [0, 0.1) is 0 Å². The van der Waals surface area contributed by atoms with Gasteiger partial charge < -0.3 is 19.4 Å². The highest BCUT2D eigenvalue weighted by Crippen LogP contribution is 2.38. The van der Waals surface area contributed by atoms with Gasteiger partial charge in [-0.3, -0.25) is 9.59 Å². The van der Waals surface area contributed by atoms with Gasteiger partial charge in [-0.25, -0.2) is 0 Å². The number of nitrogens with one attached hydrogen (secondary N) is 1. The Kier molecular flexibility index (Phi) is 5.24. The van der Waals surface area contributed by atoms with Gasteiger partial charge in [0.15, 0.2) is 0 Å². The summed E-state index contributed by atoms with van der Waals surface area (Å²) in [5.74, 6) is -0.191. The highest BCUT2D eigenvalue weighted by atomic mass is 16.2. The molecular formula is C29H30N4O2. The Morgan fingerprint density at radius 3 is 2.40 bits per heavy atom. The third kappa shape index (κ3) is 3.55. The van der Waals surface area contributed by atoms with Crippen LogP contribution in [-0.4, -0.2) is 37.4 Å². The Hall–Kier alpha value is -3.80. The van der Waals surface area contributed by atoms with Gasteiger partial charge in [0.25, 0.3) is 5.91 Å². The Labute approximate surface area is 205 Å². The first-order valence-corrected chi connectivity index (χ1v) is 12.5. The van der Waals surface area contributed by atoms with Crippen LogP contribution >= 0.6 is 0 Å². The van der Waals surface area contributed by atoms with Gasteiger partial charge in [0.1, 0.15) is 11.2 Å². The van der Waals surface area contributed by atoms with Gasteiger partial charge in [0.2, 0.25) is 5.91 Å². The van der Waals surface area contributed by atoms with E-state index in [4.69, 9.17) is 0 Å². The SMILES string of the molecule is CC1(C(=O)NC2CCCC2)Cn2c(c(-n3cccc3)c3ccccc32)C(=O)N1Cc1ccccc1. The number of aromatic nitrogens is 2. The van der Waals surface area contributed by atoms with Crippen molar-refractivity contribution in [1.29, 1.82) is 0 Å². The lowest BCUT2D eigenvalue weighted by Crippen LogP contribution is -2.64. The predicted octanol–water partition coefficient (Wildman–Crippen LogP) is 4.91. The van der Waals surface area contributed by atoms with Crippen molar-refractivity contribution in [3.05, 3.63) is 90.4 Å². The van der Waals surface area contributed by atoms with Gasteiger partial charge in [0.05, 0.1) is 17.7 Å². The minimum Gasteiger partial charge on any atom is -0.351 e. The summed E-state index contributed by atoms with van der Waals surface area (Å²) in [6.45, 7) is 2.70. The van der Waals surface area contributed by atoms with Crippen LogP contribution in [0.3, 0.4) is 0 Å². The maximum absolute atomic E-state index is 14.4. The molecule has 1 aliphatic heterocycles. The number of carbonyl (C=O) groups excluding carboxylic acids is 2. The molecule has 1 fully saturated rings. The van der Waals surface area contributed by atoms with Crippen LogP contribution in [0.15, 0.2) is 79.1 Å². The van der Waals surface area contributed by atoms with E-state index in [1.807, 2.05) is 84.5 Å². The highest BCUT2D eigenvalue weighted by molar-refractivity contribution is 6.08. The summed E-state index contributed by atoms with van der Waals surface area (Å²) in [5, 5.41) is 4.29. The maximum Gasteiger partial charge on any atom is 0.273 e. The van der Waals surface area contributed by atoms with Gasteiger partial charge in [-0.2, -0.15) is 0 Å². The Balaban J connectivity index is 1.51. The molecule has 0 saturated heterocycles. The van der Waals surface area contributed by atoms with Crippen molar-refractivity contribution < 1.29 is 9.59 Å². The molecule has 2 aromatic heterocycles. The largest absolute Gasteiger partial charge is 0.351 e. The van der Waals surface area contributed by atoms with E-state index in [1.54, 1.807) is 4.90 Å². The monoisotopic (exact) mass is 466 g/mol. The molecule has 1 N–H and O–H groups in total. The second kappa shape index (κ2) is 8.45. The van der Waals surface area contributed by atoms with Gasteiger partial charge in [0, 0.05) is 30.4 Å². The van der Waals surface area contributed by atoms with Crippen LogP contribution in [0.5, 0.6) is 0 Å². The van der Waals surface area contributed by atoms with Crippen LogP contribution in [0.2, 0.25) is 0 Å². The van der Waals surface area contributed by atoms with Crippen LogP contribution in [0.25, 0.3) is 16.6 Å². The zero-order chi connectivity index (χ0) is 24.0. The third-order valence-electron chi connectivity index (χ3n) is 7.68. The number of carbonyl (C=O) groups is 2. The number of fused-ring (bicyclic) bond motifs is 3. The standard InChI is InChI=1S/C29H30N4O2/c1-29(28(35)30-22-13-5-6-14-22)20-32-24-16-8-7-15-23(24)25(31-17-9-10-18-31)26(32)27(34)33(29)19-21-11-3-2-4-12-21/h2-4,7-12,15-18,22H,5-6,13-14,19-20H2,1H3,(H,30,35). The summed E-state index contributed by atoms with van der Waals surface area (Å²) in [6, 6.07) is 22.2. The minimum atomic E-state index is -1.02. The molecule has 1 aliphatic carbocycles. The molecule has 6 rings (SSSR count). The zero-order valence-corrected chi connectivity index (χ0v) is 20.0. The molecule has 0 radical (unpaired) electrons. The smallest absolute Gasteiger partial charge is 0.273 e. The van der Waals surface area contributed by atoms with E-state index >= 15 is 0 Å². The van der Waals surface area contributed by atoms with Crippen LogP contribution in [0.1, 0.15) is 48.7 Å². The highest BCUT2D eigenvalue weighted by Gasteiger charge is 2.49. The van der Waals surface area contributed by atoms with Crippen LogP contribution < -0.4 is 5.32 Å². The van der Waals surface area contributed by atoms with Crippen LogP contribution in [0.4, 0.5) is 0 Å². The normalized spacial score (nSPS) is 20.4. The molecule has 35 heavy (non-hydrogen) atoms. The van der Waals surface area contributed by atoms with Crippen molar-refractivity contribution in [2.75, 3.05) is 0 Å². The van der Waals surface area contributed by atoms with Gasteiger partial charge in [-0.1, -0.05) is 61.4 Å². The summed E-state index contributed by atoms with van der Waals surface area (Å²) in [4.78, 5) is 30.0. The van der Waals surface area contributed by atoms with E-state index in [-0.39, 0.29) is 17.9 Å².